The Balaban J connectivity index is 2.20. The Morgan fingerprint density at radius 1 is 1.47 bits per heavy atom. The molecule has 0 spiro atoms. The maximum Gasteiger partial charge on any atom is 0.308 e. The number of methoxy groups -OCH3 is 1. The third-order valence-electron chi connectivity index (χ3n) is 3.11. The highest BCUT2D eigenvalue weighted by atomic mass is 16.5. The number of nitrogens with zero attached hydrogens (tertiary/aromatic N) is 1. The van der Waals surface area contributed by atoms with Gasteiger partial charge in [0.15, 0.2) is 0 Å². The van der Waals surface area contributed by atoms with Crippen LogP contribution in [0.3, 0.4) is 0 Å². The molecular formula is C12H23NO4. The quantitative estimate of drug-likeness (QED) is 0.681. The molecule has 5 heteroatoms. The molecule has 0 bridgehead atoms. The van der Waals surface area contributed by atoms with E-state index >= 15 is 0 Å². The number of piperidine rings is 1. The van der Waals surface area contributed by atoms with Gasteiger partial charge in [0, 0.05) is 13.2 Å². The third-order valence-corrected chi connectivity index (χ3v) is 3.11. The van der Waals surface area contributed by atoms with Gasteiger partial charge in [0.2, 0.25) is 0 Å². The van der Waals surface area contributed by atoms with Crippen molar-refractivity contribution in [2.75, 3.05) is 40.0 Å². The number of hydrogen-bond donors (Lipinski definition) is 1. The first-order valence-electron chi connectivity index (χ1n) is 6.23. The van der Waals surface area contributed by atoms with E-state index in [0.717, 1.165) is 25.9 Å². The van der Waals surface area contributed by atoms with E-state index in [2.05, 4.69) is 4.90 Å². The summed E-state index contributed by atoms with van der Waals surface area (Å²) in [4.78, 5) is 13.5. The molecule has 0 aromatic rings. The highest BCUT2D eigenvalue weighted by Gasteiger charge is 2.26. The summed E-state index contributed by atoms with van der Waals surface area (Å²) in [7, 11) is 1.43. The lowest BCUT2D eigenvalue weighted by Crippen LogP contribution is -2.41. The summed E-state index contributed by atoms with van der Waals surface area (Å²) in [6.07, 6.45) is 1.19. The van der Waals surface area contributed by atoms with Crippen molar-refractivity contribution in [1.29, 1.82) is 0 Å². The van der Waals surface area contributed by atoms with Crippen LogP contribution in [0, 0.1) is 5.92 Å². The zero-order valence-electron chi connectivity index (χ0n) is 10.7. The number of β-amino-alcohol motifs (C(OH)–C–C–N with tert-alkyl or cyclic N) is 1. The number of aliphatic hydroxyl groups excluding tert-OH is 1. The molecular weight excluding hydrogens is 222 g/mol. The fourth-order valence-electron chi connectivity index (χ4n) is 2.12. The average Bonchev–Trinajstić information content (AvgIpc) is 2.36. The minimum atomic E-state index is -0.440. The molecule has 0 amide bonds. The SMILES string of the molecule is CCOCC(O)CN1CCC(C(=O)OC)CC1. The molecule has 1 aliphatic heterocycles. The third kappa shape index (κ3) is 5.02. The second-order valence-electron chi connectivity index (χ2n) is 4.41. The van der Waals surface area contributed by atoms with Crippen LogP contribution < -0.4 is 0 Å². The number of esters is 1. The molecule has 0 aromatic carbocycles. The summed E-state index contributed by atoms with van der Waals surface area (Å²) in [5, 5.41) is 9.70. The van der Waals surface area contributed by atoms with Crippen LogP contribution in [0.4, 0.5) is 0 Å². The predicted octanol–water partition coefficient (Wildman–Crippen LogP) is 0.269. The highest BCUT2D eigenvalue weighted by molar-refractivity contribution is 5.72. The molecule has 1 atom stereocenters. The van der Waals surface area contributed by atoms with Gasteiger partial charge in [0.1, 0.15) is 0 Å². The standard InChI is InChI=1S/C12H23NO4/c1-3-17-9-11(14)8-13-6-4-10(5-7-13)12(15)16-2/h10-11,14H,3-9H2,1-2H3. The molecule has 17 heavy (non-hydrogen) atoms. The van der Waals surface area contributed by atoms with E-state index in [4.69, 9.17) is 9.47 Å². The fraction of sp³-hybridized carbons (Fsp3) is 0.917. The molecule has 1 N–H and O–H groups in total. The van der Waals surface area contributed by atoms with Crippen molar-refractivity contribution in [2.24, 2.45) is 5.92 Å². The zero-order chi connectivity index (χ0) is 12.7. The number of aliphatic hydroxyl groups is 1. The lowest BCUT2D eigenvalue weighted by Gasteiger charge is -2.31. The summed E-state index contributed by atoms with van der Waals surface area (Å²) in [6, 6.07) is 0. The monoisotopic (exact) mass is 245 g/mol. The first-order valence-corrected chi connectivity index (χ1v) is 6.23. The van der Waals surface area contributed by atoms with Crippen LogP contribution in [-0.2, 0) is 14.3 Å². The van der Waals surface area contributed by atoms with E-state index < -0.39 is 6.10 Å². The lowest BCUT2D eigenvalue weighted by atomic mass is 9.97. The van der Waals surface area contributed by atoms with Gasteiger partial charge in [0.25, 0.3) is 0 Å². The molecule has 1 fully saturated rings. The Kier molecular flexibility index (Phi) is 6.47. The lowest BCUT2D eigenvalue weighted by molar-refractivity contribution is -0.147. The van der Waals surface area contributed by atoms with E-state index in [-0.39, 0.29) is 11.9 Å². The van der Waals surface area contributed by atoms with E-state index in [1.807, 2.05) is 6.92 Å². The van der Waals surface area contributed by atoms with Crippen LogP contribution in [0.25, 0.3) is 0 Å². The van der Waals surface area contributed by atoms with E-state index in [1.165, 1.54) is 7.11 Å². The normalized spacial score (nSPS) is 20.2. The van der Waals surface area contributed by atoms with Crippen LogP contribution in [0.2, 0.25) is 0 Å². The second-order valence-corrected chi connectivity index (χ2v) is 4.41. The van der Waals surface area contributed by atoms with Crippen molar-refractivity contribution < 1.29 is 19.4 Å². The molecule has 1 unspecified atom stereocenters. The Bertz CT molecular complexity index is 227. The maximum atomic E-state index is 11.3. The largest absolute Gasteiger partial charge is 0.469 e. The van der Waals surface area contributed by atoms with Gasteiger partial charge in [-0.2, -0.15) is 0 Å². The molecule has 0 radical (unpaired) electrons. The molecule has 1 aliphatic rings. The second kappa shape index (κ2) is 7.63. The highest BCUT2D eigenvalue weighted by Crippen LogP contribution is 2.18. The summed E-state index contributed by atoms with van der Waals surface area (Å²) >= 11 is 0. The van der Waals surface area contributed by atoms with Gasteiger partial charge in [0.05, 0.1) is 25.7 Å². The van der Waals surface area contributed by atoms with Gasteiger partial charge >= 0.3 is 5.97 Å². The maximum absolute atomic E-state index is 11.3. The van der Waals surface area contributed by atoms with Gasteiger partial charge in [-0.3, -0.25) is 4.79 Å². The topological polar surface area (TPSA) is 59.0 Å². The summed E-state index contributed by atoms with van der Waals surface area (Å²) in [6.45, 7) is 5.21. The number of carbonyl (C=O) groups excluding carboxylic acids is 1. The molecule has 100 valence electrons. The van der Waals surface area contributed by atoms with Crippen LogP contribution >= 0.6 is 0 Å². The Morgan fingerprint density at radius 2 is 2.12 bits per heavy atom. The predicted molar refractivity (Wildman–Crippen MR) is 63.7 cm³/mol. The first-order chi connectivity index (χ1) is 8.17. The fourth-order valence-corrected chi connectivity index (χ4v) is 2.12. The van der Waals surface area contributed by atoms with Gasteiger partial charge in [-0.25, -0.2) is 0 Å². The Labute approximate surface area is 103 Å². The van der Waals surface area contributed by atoms with E-state index in [0.29, 0.717) is 19.8 Å². The number of likely N-dealkylation sites (tertiary alicyclic amines) is 1. The van der Waals surface area contributed by atoms with Crippen LogP contribution in [0.15, 0.2) is 0 Å². The van der Waals surface area contributed by atoms with Crippen LogP contribution in [0.1, 0.15) is 19.8 Å². The molecule has 1 rings (SSSR count). The van der Waals surface area contributed by atoms with Crippen molar-refractivity contribution in [3.63, 3.8) is 0 Å². The van der Waals surface area contributed by atoms with Gasteiger partial charge < -0.3 is 19.5 Å². The van der Waals surface area contributed by atoms with Crippen molar-refractivity contribution in [1.82, 2.24) is 4.90 Å². The summed E-state index contributed by atoms with van der Waals surface area (Å²) in [5.41, 5.74) is 0. The minimum absolute atomic E-state index is 0.0280. The number of carbonyl (C=O) groups is 1. The Hall–Kier alpha value is -0.650. The van der Waals surface area contributed by atoms with Crippen LogP contribution in [-0.4, -0.2) is 62.0 Å². The zero-order valence-corrected chi connectivity index (χ0v) is 10.7. The summed E-state index contributed by atoms with van der Waals surface area (Å²) in [5.74, 6) is -0.0835. The van der Waals surface area contributed by atoms with Gasteiger partial charge in [-0.15, -0.1) is 0 Å². The first kappa shape index (κ1) is 14.4. The average molecular weight is 245 g/mol. The van der Waals surface area contributed by atoms with Crippen LogP contribution in [0.5, 0.6) is 0 Å². The molecule has 1 heterocycles. The van der Waals surface area contributed by atoms with Gasteiger partial charge in [-0.05, 0) is 32.9 Å². The van der Waals surface area contributed by atoms with E-state index in [1.54, 1.807) is 0 Å². The molecule has 1 saturated heterocycles. The number of ether oxygens (including phenoxy) is 2. The smallest absolute Gasteiger partial charge is 0.308 e. The molecule has 0 aliphatic carbocycles. The molecule has 5 nitrogen and oxygen atoms in total. The van der Waals surface area contributed by atoms with Crippen molar-refractivity contribution >= 4 is 5.97 Å². The summed E-state index contributed by atoms with van der Waals surface area (Å²) < 4.78 is 9.90. The van der Waals surface area contributed by atoms with E-state index in [9.17, 15) is 9.90 Å². The number of rotatable bonds is 6. The Morgan fingerprint density at radius 3 is 2.65 bits per heavy atom. The van der Waals surface area contributed by atoms with Crippen molar-refractivity contribution in [3.8, 4) is 0 Å². The van der Waals surface area contributed by atoms with Gasteiger partial charge in [-0.1, -0.05) is 0 Å². The number of hydrogen-bond acceptors (Lipinski definition) is 5. The van der Waals surface area contributed by atoms with Crippen molar-refractivity contribution in [3.05, 3.63) is 0 Å². The molecule has 0 aromatic heterocycles. The minimum Gasteiger partial charge on any atom is -0.469 e. The van der Waals surface area contributed by atoms with Crippen molar-refractivity contribution in [2.45, 2.75) is 25.9 Å². The molecule has 0 saturated carbocycles.